The van der Waals surface area contributed by atoms with Crippen LogP contribution in [0, 0.1) is 11.6 Å². The molecule has 1 aromatic rings. The Morgan fingerprint density at radius 1 is 1.44 bits per heavy atom. The third kappa shape index (κ3) is 2.23. The van der Waals surface area contributed by atoms with Crippen LogP contribution in [0.25, 0.3) is 0 Å². The minimum atomic E-state index is -0.739. The number of benzene rings is 1. The maximum absolute atomic E-state index is 13.7. The number of rotatable bonds is 2. The highest BCUT2D eigenvalue weighted by atomic mass is 32.2. The van der Waals surface area contributed by atoms with Crippen LogP contribution >= 0.6 is 11.8 Å². The van der Waals surface area contributed by atoms with E-state index in [2.05, 4.69) is 5.32 Å². The number of thioether (sulfide) groups is 1. The molecule has 1 nitrogen and oxygen atoms in total. The molecule has 4 heteroatoms. The van der Waals surface area contributed by atoms with Crippen LogP contribution in [-0.2, 0) is 5.75 Å². The second kappa shape index (κ2) is 5.15. The Kier molecular flexibility index (Phi) is 3.82. The number of fused-ring (bicyclic) bond motifs is 1. The molecule has 1 atom stereocenters. The van der Waals surface area contributed by atoms with Crippen molar-refractivity contribution in [1.82, 2.24) is 5.32 Å². The Labute approximate surface area is 98.6 Å². The van der Waals surface area contributed by atoms with Crippen LogP contribution in [0.1, 0.15) is 30.5 Å². The summed E-state index contributed by atoms with van der Waals surface area (Å²) in [5.74, 6) is 0.139. The van der Waals surface area contributed by atoms with E-state index in [1.165, 1.54) is 6.07 Å². The van der Waals surface area contributed by atoms with E-state index in [9.17, 15) is 8.78 Å². The quantitative estimate of drug-likeness (QED) is 0.855. The van der Waals surface area contributed by atoms with Gasteiger partial charge in [0.15, 0.2) is 11.6 Å². The third-order valence-electron chi connectivity index (χ3n) is 2.86. The molecule has 0 saturated heterocycles. The molecule has 88 valence electrons. The van der Waals surface area contributed by atoms with Crippen LogP contribution in [0.5, 0.6) is 0 Å². The molecule has 1 aromatic carbocycles. The largest absolute Gasteiger partial charge is 0.310 e. The predicted octanol–water partition coefficient (Wildman–Crippen LogP) is 3.25. The molecule has 0 fully saturated rings. The average molecular weight is 243 g/mol. The molecule has 16 heavy (non-hydrogen) atoms. The molecule has 1 aliphatic heterocycles. The molecule has 0 radical (unpaired) electrons. The lowest BCUT2D eigenvalue weighted by Gasteiger charge is -2.18. The van der Waals surface area contributed by atoms with Crippen molar-refractivity contribution in [3.05, 3.63) is 34.9 Å². The molecule has 1 aliphatic rings. The maximum atomic E-state index is 13.7. The Morgan fingerprint density at radius 2 is 2.25 bits per heavy atom. The second-order valence-corrected chi connectivity index (χ2v) is 4.99. The first-order chi connectivity index (χ1) is 7.74. The number of hydrogen-bond acceptors (Lipinski definition) is 2. The lowest BCUT2D eigenvalue weighted by atomic mass is 9.98. The third-order valence-corrected chi connectivity index (χ3v) is 3.87. The van der Waals surface area contributed by atoms with Crippen molar-refractivity contribution in [2.45, 2.75) is 25.1 Å². The van der Waals surface area contributed by atoms with Crippen molar-refractivity contribution in [3.8, 4) is 0 Å². The van der Waals surface area contributed by atoms with E-state index in [0.29, 0.717) is 11.3 Å². The van der Waals surface area contributed by atoms with E-state index in [1.54, 1.807) is 17.8 Å². The molecule has 0 bridgehead atoms. The van der Waals surface area contributed by atoms with Gasteiger partial charge in [-0.3, -0.25) is 0 Å². The fourth-order valence-electron chi connectivity index (χ4n) is 2.07. The summed E-state index contributed by atoms with van der Waals surface area (Å²) in [6.45, 7) is 2.87. The van der Waals surface area contributed by atoms with Gasteiger partial charge in [-0.1, -0.05) is 13.0 Å². The minimum absolute atomic E-state index is 0.157. The molecule has 0 aliphatic carbocycles. The van der Waals surface area contributed by atoms with E-state index in [4.69, 9.17) is 0 Å². The van der Waals surface area contributed by atoms with E-state index in [1.807, 2.05) is 6.92 Å². The molecule has 0 aromatic heterocycles. The molecular formula is C12H15F2NS. The molecule has 0 saturated carbocycles. The number of hydrogen-bond donors (Lipinski definition) is 1. The van der Waals surface area contributed by atoms with Crippen molar-refractivity contribution in [2.75, 3.05) is 12.3 Å². The van der Waals surface area contributed by atoms with Crippen molar-refractivity contribution in [2.24, 2.45) is 0 Å². The zero-order chi connectivity index (χ0) is 11.5. The maximum Gasteiger partial charge on any atom is 0.163 e. The predicted molar refractivity (Wildman–Crippen MR) is 63.6 cm³/mol. The summed E-state index contributed by atoms with van der Waals surface area (Å²) in [6, 6.07) is 3.10. The van der Waals surface area contributed by atoms with E-state index < -0.39 is 11.6 Å². The van der Waals surface area contributed by atoms with Gasteiger partial charge in [0, 0.05) is 17.4 Å². The summed E-state index contributed by atoms with van der Waals surface area (Å²) in [4.78, 5) is 0. The van der Waals surface area contributed by atoms with Gasteiger partial charge in [-0.15, -0.1) is 0 Å². The first-order valence-corrected chi connectivity index (χ1v) is 6.67. The van der Waals surface area contributed by atoms with Crippen LogP contribution in [0.4, 0.5) is 8.78 Å². The zero-order valence-electron chi connectivity index (χ0n) is 9.22. The normalized spacial score (nSPS) is 20.3. The SMILES string of the molecule is CCNC1CCSCc2c1ccc(F)c2F. The fourth-order valence-corrected chi connectivity index (χ4v) is 3.11. The molecule has 1 unspecified atom stereocenters. The van der Waals surface area contributed by atoms with Gasteiger partial charge < -0.3 is 5.32 Å². The van der Waals surface area contributed by atoms with Gasteiger partial charge in [-0.05, 0) is 30.3 Å². The van der Waals surface area contributed by atoms with E-state index >= 15 is 0 Å². The average Bonchev–Trinajstić information content (AvgIpc) is 2.48. The Hall–Kier alpha value is -0.610. The van der Waals surface area contributed by atoms with Gasteiger partial charge >= 0.3 is 0 Å². The van der Waals surface area contributed by atoms with Crippen LogP contribution in [0.2, 0.25) is 0 Å². The van der Waals surface area contributed by atoms with Gasteiger partial charge in [-0.25, -0.2) is 8.78 Å². The molecule has 1 heterocycles. The van der Waals surface area contributed by atoms with Crippen LogP contribution in [-0.4, -0.2) is 12.3 Å². The Bertz CT molecular complexity index is 382. The van der Waals surface area contributed by atoms with Crippen LogP contribution in [0.15, 0.2) is 12.1 Å². The first-order valence-electron chi connectivity index (χ1n) is 5.52. The lowest BCUT2D eigenvalue weighted by molar-refractivity contribution is 0.489. The highest BCUT2D eigenvalue weighted by Gasteiger charge is 2.22. The summed E-state index contributed by atoms with van der Waals surface area (Å²) in [5, 5.41) is 3.32. The molecule has 0 amide bonds. The van der Waals surface area contributed by atoms with Gasteiger partial charge in [0.1, 0.15) is 0 Å². The number of halogens is 2. The topological polar surface area (TPSA) is 12.0 Å². The summed E-state index contributed by atoms with van der Waals surface area (Å²) >= 11 is 1.66. The van der Waals surface area contributed by atoms with E-state index in [0.717, 1.165) is 24.3 Å². The standard InChI is InChI=1S/C12H15F2NS/c1-2-15-11-5-6-16-7-9-8(11)3-4-10(13)12(9)14/h3-4,11,15H,2,5-7H2,1H3. The molecule has 0 spiro atoms. The van der Waals surface area contributed by atoms with Crippen LogP contribution in [0.3, 0.4) is 0 Å². The summed E-state index contributed by atoms with van der Waals surface area (Å²) in [6.07, 6.45) is 0.969. The summed E-state index contributed by atoms with van der Waals surface area (Å²) in [5.41, 5.74) is 1.46. The van der Waals surface area contributed by atoms with Gasteiger partial charge in [0.05, 0.1) is 0 Å². The van der Waals surface area contributed by atoms with Crippen molar-refractivity contribution >= 4 is 11.8 Å². The van der Waals surface area contributed by atoms with Crippen molar-refractivity contribution in [1.29, 1.82) is 0 Å². The van der Waals surface area contributed by atoms with Gasteiger partial charge in [0.2, 0.25) is 0 Å². The lowest BCUT2D eigenvalue weighted by Crippen LogP contribution is -2.22. The Balaban J connectivity index is 2.42. The fraction of sp³-hybridized carbons (Fsp3) is 0.500. The van der Waals surface area contributed by atoms with Gasteiger partial charge in [0.25, 0.3) is 0 Å². The number of nitrogens with one attached hydrogen (secondary N) is 1. The summed E-state index contributed by atoms with van der Waals surface area (Å²) in [7, 11) is 0. The minimum Gasteiger partial charge on any atom is -0.310 e. The summed E-state index contributed by atoms with van der Waals surface area (Å²) < 4.78 is 26.8. The van der Waals surface area contributed by atoms with E-state index in [-0.39, 0.29) is 6.04 Å². The highest BCUT2D eigenvalue weighted by Crippen LogP contribution is 2.32. The highest BCUT2D eigenvalue weighted by molar-refractivity contribution is 7.98. The molecule has 2 rings (SSSR count). The second-order valence-electron chi connectivity index (χ2n) is 3.88. The Morgan fingerprint density at radius 3 is 3.00 bits per heavy atom. The van der Waals surface area contributed by atoms with Crippen molar-refractivity contribution < 1.29 is 8.78 Å². The molecular weight excluding hydrogens is 228 g/mol. The smallest absolute Gasteiger partial charge is 0.163 e. The monoisotopic (exact) mass is 243 g/mol. The zero-order valence-corrected chi connectivity index (χ0v) is 10.0. The molecule has 1 N–H and O–H groups in total. The van der Waals surface area contributed by atoms with Crippen molar-refractivity contribution in [3.63, 3.8) is 0 Å². The first kappa shape index (κ1) is 11.9. The van der Waals surface area contributed by atoms with Gasteiger partial charge in [-0.2, -0.15) is 11.8 Å². The van der Waals surface area contributed by atoms with Crippen LogP contribution < -0.4 is 5.32 Å².